The van der Waals surface area contributed by atoms with Crippen molar-refractivity contribution in [3.63, 3.8) is 0 Å². The van der Waals surface area contributed by atoms with Crippen molar-refractivity contribution < 1.29 is 9.47 Å². The molecular weight excluding hydrogens is 817 g/mol. The summed E-state index contributed by atoms with van der Waals surface area (Å²) in [7, 11) is -2.90. The van der Waals surface area contributed by atoms with Gasteiger partial charge in [-0.2, -0.15) is 0 Å². The molecule has 0 saturated carbocycles. The minimum absolute atomic E-state index is 0.425. The zero-order valence-corrected chi connectivity index (χ0v) is 41.6. The monoisotopic (exact) mass is 882 g/mol. The van der Waals surface area contributed by atoms with E-state index in [1.807, 2.05) is 36.9 Å². The van der Waals surface area contributed by atoms with Crippen LogP contribution in [0.15, 0.2) is 85.5 Å². The lowest BCUT2D eigenvalue weighted by Crippen LogP contribution is -2.16. The molecule has 2 heterocycles. The van der Waals surface area contributed by atoms with Crippen LogP contribution in [-0.4, -0.2) is 49.3 Å². The van der Waals surface area contributed by atoms with E-state index in [0.717, 1.165) is 59.1 Å². The molecule has 5 aromatic rings. The first-order valence-electron chi connectivity index (χ1n) is 23.3. The molecule has 0 aliphatic rings. The maximum atomic E-state index is 6.48. The molecule has 0 bridgehead atoms. The molecule has 64 heavy (non-hydrogen) atoms. The van der Waals surface area contributed by atoms with Gasteiger partial charge in [-0.25, -0.2) is 19.9 Å². The van der Waals surface area contributed by atoms with Gasteiger partial charge in [-0.05, 0) is 60.1 Å². The first-order valence-corrected chi connectivity index (χ1v) is 30.3. The molecule has 0 aliphatic heterocycles. The topological polar surface area (TPSA) is 70.0 Å². The summed E-state index contributed by atoms with van der Waals surface area (Å²) in [5.41, 5.74) is 14.2. The highest BCUT2D eigenvalue weighted by Gasteiger charge is 2.13. The van der Waals surface area contributed by atoms with Gasteiger partial charge in [0.05, 0.1) is 24.3 Å². The van der Waals surface area contributed by atoms with Gasteiger partial charge in [-0.1, -0.05) is 165 Å². The maximum Gasteiger partial charge on any atom is 0.205 e. The van der Waals surface area contributed by atoms with Gasteiger partial charge in [0.25, 0.3) is 0 Å². The van der Waals surface area contributed by atoms with E-state index in [1.165, 1.54) is 51.4 Å². The Morgan fingerprint density at radius 1 is 0.406 bits per heavy atom. The summed E-state index contributed by atoms with van der Waals surface area (Å²) in [6.07, 6.45) is 21.3. The summed E-state index contributed by atoms with van der Waals surface area (Å²) in [5.74, 6) is 21.8. The molecule has 0 amide bonds. The van der Waals surface area contributed by atoms with Crippen molar-refractivity contribution in [1.82, 2.24) is 19.9 Å². The fourth-order valence-corrected chi connectivity index (χ4v) is 7.50. The molecule has 5 rings (SSSR count). The summed E-state index contributed by atoms with van der Waals surface area (Å²) >= 11 is 0. The van der Waals surface area contributed by atoms with Crippen molar-refractivity contribution in [3.8, 4) is 80.4 Å². The Morgan fingerprint density at radius 2 is 0.750 bits per heavy atom. The van der Waals surface area contributed by atoms with E-state index in [-0.39, 0.29) is 0 Å². The SMILES string of the molecule is CCCCCCCCOc1cc(C#Cc2ncc(-c3ccc(C#C[Si](C)(C)C)cc3)cn2)c(OCCCCCCCC)cc1C#Cc1ncc(-c2ccc(C#C[Si](C)(C)C)cc2)cn1. The number of rotatable bonds is 18. The van der Waals surface area contributed by atoms with Gasteiger partial charge in [0.2, 0.25) is 11.6 Å². The van der Waals surface area contributed by atoms with Gasteiger partial charge in [0, 0.05) is 59.2 Å². The Labute approximate surface area is 386 Å². The van der Waals surface area contributed by atoms with Crippen LogP contribution in [0.2, 0.25) is 39.3 Å². The average molecular weight is 883 g/mol. The van der Waals surface area contributed by atoms with E-state index in [1.54, 1.807) is 0 Å². The molecule has 0 spiro atoms. The molecule has 0 radical (unpaired) electrons. The van der Waals surface area contributed by atoms with Crippen molar-refractivity contribution in [1.29, 1.82) is 0 Å². The highest BCUT2D eigenvalue weighted by atomic mass is 28.3. The van der Waals surface area contributed by atoms with Gasteiger partial charge in [0.1, 0.15) is 27.6 Å². The normalized spacial score (nSPS) is 10.9. The first-order chi connectivity index (χ1) is 30.9. The van der Waals surface area contributed by atoms with E-state index in [4.69, 9.17) is 9.47 Å². The molecule has 6 nitrogen and oxygen atoms in total. The number of unbranched alkanes of at least 4 members (excludes halogenated alkanes) is 10. The minimum atomic E-state index is -1.45. The lowest BCUT2D eigenvalue weighted by Gasteiger charge is -2.14. The maximum absolute atomic E-state index is 6.48. The van der Waals surface area contributed by atoms with Crippen LogP contribution in [0.1, 0.15) is 125 Å². The van der Waals surface area contributed by atoms with Crippen LogP contribution in [0, 0.1) is 46.6 Å². The Morgan fingerprint density at radius 3 is 1.09 bits per heavy atom. The van der Waals surface area contributed by atoms with E-state index < -0.39 is 16.1 Å². The highest BCUT2D eigenvalue weighted by molar-refractivity contribution is 6.84. The van der Waals surface area contributed by atoms with Crippen molar-refractivity contribution in [2.75, 3.05) is 13.2 Å². The molecule has 0 saturated heterocycles. The number of aromatic nitrogens is 4. The second kappa shape index (κ2) is 25.4. The molecule has 2 aromatic heterocycles. The number of nitrogens with zero attached hydrogens (tertiary/aromatic N) is 4. The first kappa shape index (κ1) is 49.1. The van der Waals surface area contributed by atoms with E-state index in [2.05, 4.69) is 168 Å². The van der Waals surface area contributed by atoms with Crippen molar-refractivity contribution in [2.24, 2.45) is 0 Å². The molecule has 330 valence electrons. The zero-order valence-electron chi connectivity index (χ0n) is 39.6. The molecule has 0 fully saturated rings. The van der Waals surface area contributed by atoms with E-state index in [9.17, 15) is 0 Å². The molecule has 0 aliphatic carbocycles. The Hall–Kier alpha value is -5.91. The third-order valence-electron chi connectivity index (χ3n) is 10.1. The summed E-state index contributed by atoms with van der Waals surface area (Å²) in [5, 5.41) is 0. The Kier molecular flexibility index (Phi) is 19.5. The zero-order chi connectivity index (χ0) is 45.6. The Balaban J connectivity index is 1.41. The molecule has 8 heteroatoms. The van der Waals surface area contributed by atoms with Gasteiger partial charge in [-0.3, -0.25) is 0 Å². The van der Waals surface area contributed by atoms with Crippen LogP contribution < -0.4 is 9.47 Å². The molecule has 0 N–H and O–H groups in total. The predicted molar refractivity (Wildman–Crippen MR) is 272 cm³/mol. The third-order valence-corrected chi connectivity index (χ3v) is 11.9. The van der Waals surface area contributed by atoms with Crippen LogP contribution in [-0.2, 0) is 0 Å². The van der Waals surface area contributed by atoms with Crippen LogP contribution >= 0.6 is 0 Å². The van der Waals surface area contributed by atoms with Crippen LogP contribution in [0.3, 0.4) is 0 Å². The number of hydrogen-bond acceptors (Lipinski definition) is 6. The predicted octanol–water partition coefficient (Wildman–Crippen LogP) is 13.3. The van der Waals surface area contributed by atoms with Gasteiger partial charge in [-0.15, -0.1) is 11.1 Å². The van der Waals surface area contributed by atoms with Crippen molar-refractivity contribution in [3.05, 3.63) is 119 Å². The lowest BCUT2D eigenvalue weighted by molar-refractivity contribution is 0.295. The summed E-state index contributed by atoms with van der Waals surface area (Å²) in [6.45, 7) is 19.1. The van der Waals surface area contributed by atoms with Crippen molar-refractivity contribution >= 4 is 16.1 Å². The fourth-order valence-electron chi connectivity index (χ4n) is 6.46. The van der Waals surface area contributed by atoms with E-state index in [0.29, 0.717) is 47.5 Å². The fraction of sp³-hybridized carbons (Fsp3) is 0.393. The lowest BCUT2D eigenvalue weighted by atomic mass is 10.1. The second-order valence-electron chi connectivity index (χ2n) is 18.3. The highest BCUT2D eigenvalue weighted by Crippen LogP contribution is 2.30. The third kappa shape index (κ3) is 17.7. The number of ether oxygens (including phenoxy) is 2. The van der Waals surface area contributed by atoms with Crippen LogP contribution in [0.5, 0.6) is 11.5 Å². The van der Waals surface area contributed by atoms with Gasteiger partial charge < -0.3 is 9.47 Å². The second-order valence-corrected chi connectivity index (χ2v) is 27.8. The Bertz CT molecular complexity index is 2310. The minimum Gasteiger partial charge on any atom is -0.492 e. The van der Waals surface area contributed by atoms with Crippen LogP contribution in [0.4, 0.5) is 0 Å². The molecule has 0 unspecified atom stereocenters. The largest absolute Gasteiger partial charge is 0.492 e. The summed E-state index contributed by atoms with van der Waals surface area (Å²) in [4.78, 5) is 18.5. The quantitative estimate of drug-likeness (QED) is 0.0496. The average Bonchev–Trinajstić information content (AvgIpc) is 3.29. The smallest absolute Gasteiger partial charge is 0.205 e. The van der Waals surface area contributed by atoms with Crippen molar-refractivity contribution in [2.45, 2.75) is 130 Å². The molecule has 0 atom stereocenters. The van der Waals surface area contributed by atoms with Gasteiger partial charge in [0.15, 0.2) is 0 Å². The standard InChI is InChI=1S/C56H66N4O2Si2/c1-9-11-13-15-17-19-35-61-53-39-50(30-32-56-59-43-52(44-60-56)48-27-23-46(24-28-48)34-38-64(6,7)8)54(62-36-20-18-16-14-12-10-2)40-49(53)29-31-55-57-41-51(42-58-55)47-25-21-45(22-26-47)33-37-63(3,4)5/h21-28,39-44H,9-20,35-36H2,1-8H3. The van der Waals surface area contributed by atoms with Gasteiger partial charge >= 0.3 is 0 Å². The molecular formula is C56H66N4O2Si2. The summed E-state index contributed by atoms with van der Waals surface area (Å²) < 4.78 is 13.0. The molecule has 3 aromatic carbocycles. The number of hydrogen-bond donors (Lipinski definition) is 0. The van der Waals surface area contributed by atoms with E-state index >= 15 is 0 Å². The van der Waals surface area contributed by atoms with Crippen LogP contribution in [0.25, 0.3) is 22.3 Å². The number of benzene rings is 3. The summed E-state index contributed by atoms with van der Waals surface area (Å²) in [6, 6.07) is 20.4.